The van der Waals surface area contributed by atoms with E-state index in [1.54, 1.807) is 12.1 Å². The molecule has 0 saturated heterocycles. The topological polar surface area (TPSA) is 49.8 Å². The van der Waals surface area contributed by atoms with Crippen molar-refractivity contribution in [2.75, 3.05) is 18.4 Å². The highest BCUT2D eigenvalue weighted by Crippen LogP contribution is 2.16. The summed E-state index contributed by atoms with van der Waals surface area (Å²) in [5, 5.41) is 6.37. The third kappa shape index (κ3) is 2.88. The Bertz CT molecular complexity index is 585. The van der Waals surface area contributed by atoms with Gasteiger partial charge in [-0.1, -0.05) is 6.07 Å². The molecule has 0 spiro atoms. The Labute approximate surface area is 111 Å². The minimum Gasteiger partial charge on any atom is -0.324 e. The lowest BCUT2D eigenvalue weighted by Gasteiger charge is -2.08. The van der Waals surface area contributed by atoms with Gasteiger partial charge in [-0.25, -0.2) is 14.4 Å². The largest absolute Gasteiger partial charge is 0.324 e. The monoisotopic (exact) mass is 258 g/mol. The zero-order chi connectivity index (χ0) is 13.1. The number of hydrogen-bond donors (Lipinski definition) is 2. The van der Waals surface area contributed by atoms with Crippen LogP contribution in [0.1, 0.15) is 11.3 Å². The van der Waals surface area contributed by atoms with Crippen LogP contribution in [0.5, 0.6) is 0 Å². The number of hydrogen-bond acceptors (Lipinski definition) is 4. The average Bonchev–Trinajstić information content (AvgIpc) is 2.63. The quantitative estimate of drug-likeness (QED) is 0.865. The van der Waals surface area contributed by atoms with E-state index in [1.165, 1.54) is 17.7 Å². The van der Waals surface area contributed by atoms with Gasteiger partial charge in [0.1, 0.15) is 5.82 Å². The highest BCUT2D eigenvalue weighted by molar-refractivity contribution is 5.53. The van der Waals surface area contributed by atoms with Crippen molar-refractivity contribution in [2.24, 2.45) is 0 Å². The van der Waals surface area contributed by atoms with Crippen molar-refractivity contribution in [3.63, 3.8) is 0 Å². The van der Waals surface area contributed by atoms with Crippen LogP contribution >= 0.6 is 0 Å². The summed E-state index contributed by atoms with van der Waals surface area (Å²) in [7, 11) is 0. The van der Waals surface area contributed by atoms with Crippen LogP contribution in [0.2, 0.25) is 0 Å². The van der Waals surface area contributed by atoms with E-state index in [9.17, 15) is 4.39 Å². The summed E-state index contributed by atoms with van der Waals surface area (Å²) in [6.07, 6.45) is 3.71. The number of rotatable bonds is 2. The molecule has 0 saturated carbocycles. The summed E-state index contributed by atoms with van der Waals surface area (Å²) in [5.41, 5.74) is 2.92. The molecule has 1 aromatic heterocycles. The predicted octanol–water partition coefficient (Wildman–Crippen LogP) is 2.05. The highest BCUT2D eigenvalue weighted by Gasteiger charge is 2.10. The van der Waals surface area contributed by atoms with E-state index in [0.717, 1.165) is 31.6 Å². The van der Waals surface area contributed by atoms with Gasteiger partial charge in [-0.15, -0.1) is 0 Å². The fourth-order valence-electron chi connectivity index (χ4n) is 2.18. The van der Waals surface area contributed by atoms with Crippen molar-refractivity contribution >= 4 is 11.6 Å². The van der Waals surface area contributed by atoms with E-state index >= 15 is 0 Å². The summed E-state index contributed by atoms with van der Waals surface area (Å²) >= 11 is 0. The number of nitrogens with one attached hydrogen (secondary N) is 2. The molecule has 0 radical (unpaired) electrons. The molecule has 98 valence electrons. The zero-order valence-corrected chi connectivity index (χ0v) is 10.5. The average molecular weight is 258 g/mol. The maximum atomic E-state index is 13.1. The van der Waals surface area contributed by atoms with Crippen LogP contribution in [-0.2, 0) is 12.8 Å². The van der Waals surface area contributed by atoms with E-state index in [2.05, 4.69) is 20.6 Å². The van der Waals surface area contributed by atoms with Crippen molar-refractivity contribution in [1.29, 1.82) is 0 Å². The maximum absolute atomic E-state index is 13.1. The van der Waals surface area contributed by atoms with Gasteiger partial charge in [-0.3, -0.25) is 0 Å². The molecule has 0 aliphatic carbocycles. The van der Waals surface area contributed by atoms with E-state index in [4.69, 9.17) is 0 Å². The Morgan fingerprint density at radius 2 is 2.11 bits per heavy atom. The smallest absolute Gasteiger partial charge is 0.227 e. The lowest BCUT2D eigenvalue weighted by atomic mass is 10.1. The third-order valence-corrected chi connectivity index (χ3v) is 3.14. The first-order chi connectivity index (χ1) is 9.31. The molecule has 1 aliphatic heterocycles. The summed E-state index contributed by atoms with van der Waals surface area (Å²) in [4.78, 5) is 8.80. The fourth-order valence-corrected chi connectivity index (χ4v) is 2.18. The van der Waals surface area contributed by atoms with Crippen LogP contribution in [0, 0.1) is 5.82 Å². The molecule has 4 nitrogen and oxygen atoms in total. The van der Waals surface area contributed by atoms with Gasteiger partial charge in [-0.2, -0.15) is 0 Å². The number of aromatic nitrogens is 2. The molecule has 19 heavy (non-hydrogen) atoms. The summed E-state index contributed by atoms with van der Waals surface area (Å²) < 4.78 is 13.1. The Morgan fingerprint density at radius 3 is 3.00 bits per heavy atom. The molecule has 0 unspecified atom stereocenters. The minimum atomic E-state index is -0.274. The van der Waals surface area contributed by atoms with Crippen molar-refractivity contribution in [3.05, 3.63) is 47.5 Å². The molecule has 0 fully saturated rings. The molecule has 2 N–H and O–H groups in total. The van der Waals surface area contributed by atoms with Crippen LogP contribution in [-0.4, -0.2) is 23.1 Å². The van der Waals surface area contributed by atoms with Gasteiger partial charge < -0.3 is 10.6 Å². The first-order valence-corrected chi connectivity index (χ1v) is 6.39. The third-order valence-electron chi connectivity index (χ3n) is 3.14. The van der Waals surface area contributed by atoms with Gasteiger partial charge in [0.25, 0.3) is 0 Å². The van der Waals surface area contributed by atoms with Gasteiger partial charge in [-0.05, 0) is 36.7 Å². The van der Waals surface area contributed by atoms with Crippen molar-refractivity contribution in [3.8, 4) is 0 Å². The van der Waals surface area contributed by atoms with E-state index in [1.807, 2.05) is 6.20 Å². The van der Waals surface area contributed by atoms with Crippen LogP contribution in [0.4, 0.5) is 16.0 Å². The second kappa shape index (κ2) is 5.32. The second-order valence-electron chi connectivity index (χ2n) is 4.55. The standard InChI is InChI=1S/C14H15FN4/c15-11-2-1-3-12(8-11)18-14-17-9-10-4-6-16-7-5-13(10)19-14/h1-3,8-9,16H,4-7H2,(H,17,18,19). The van der Waals surface area contributed by atoms with Gasteiger partial charge in [0.2, 0.25) is 5.95 Å². The fraction of sp³-hybridized carbons (Fsp3) is 0.286. The Hall–Kier alpha value is -2.01. The van der Waals surface area contributed by atoms with E-state index < -0.39 is 0 Å². The van der Waals surface area contributed by atoms with Crippen molar-refractivity contribution in [1.82, 2.24) is 15.3 Å². The van der Waals surface area contributed by atoms with Gasteiger partial charge in [0.05, 0.1) is 5.69 Å². The molecular weight excluding hydrogens is 243 g/mol. The summed E-state index contributed by atoms with van der Waals surface area (Å²) in [6.45, 7) is 1.90. The molecule has 2 heterocycles. The molecule has 1 aliphatic rings. The van der Waals surface area contributed by atoms with Crippen LogP contribution in [0.3, 0.4) is 0 Å². The lowest BCUT2D eigenvalue weighted by Crippen LogP contribution is -2.16. The van der Waals surface area contributed by atoms with E-state index in [0.29, 0.717) is 11.6 Å². The number of benzene rings is 1. The normalized spacial score (nSPS) is 14.6. The maximum Gasteiger partial charge on any atom is 0.227 e. The van der Waals surface area contributed by atoms with E-state index in [-0.39, 0.29) is 5.82 Å². The number of anilines is 2. The number of fused-ring (bicyclic) bond motifs is 1. The number of halogens is 1. The first-order valence-electron chi connectivity index (χ1n) is 6.39. The van der Waals surface area contributed by atoms with Crippen LogP contribution in [0.25, 0.3) is 0 Å². The molecular formula is C14H15FN4. The lowest BCUT2D eigenvalue weighted by molar-refractivity contribution is 0.628. The van der Waals surface area contributed by atoms with Gasteiger partial charge in [0.15, 0.2) is 0 Å². The molecule has 5 heteroatoms. The zero-order valence-electron chi connectivity index (χ0n) is 10.5. The predicted molar refractivity (Wildman–Crippen MR) is 72.0 cm³/mol. The Balaban J connectivity index is 1.84. The molecule has 0 amide bonds. The first kappa shape index (κ1) is 12.0. The van der Waals surface area contributed by atoms with Gasteiger partial charge >= 0.3 is 0 Å². The summed E-state index contributed by atoms with van der Waals surface area (Å²) in [6, 6.07) is 6.29. The Kier molecular flexibility index (Phi) is 3.37. The molecule has 3 rings (SSSR count). The molecule has 2 aromatic rings. The molecule has 0 atom stereocenters. The van der Waals surface area contributed by atoms with Gasteiger partial charge in [0, 0.05) is 24.8 Å². The Morgan fingerprint density at radius 1 is 1.21 bits per heavy atom. The highest BCUT2D eigenvalue weighted by atomic mass is 19.1. The van der Waals surface area contributed by atoms with Crippen molar-refractivity contribution in [2.45, 2.75) is 12.8 Å². The summed E-state index contributed by atoms with van der Waals surface area (Å²) in [5.74, 6) is 0.246. The number of nitrogens with zero attached hydrogens (tertiary/aromatic N) is 2. The minimum absolute atomic E-state index is 0.274. The molecule has 1 aromatic carbocycles. The molecule has 0 bridgehead atoms. The SMILES string of the molecule is Fc1cccc(Nc2ncc3c(n2)CCNCC3)c1. The van der Waals surface area contributed by atoms with Crippen molar-refractivity contribution < 1.29 is 4.39 Å². The van der Waals surface area contributed by atoms with Crippen LogP contribution in [0.15, 0.2) is 30.5 Å². The van der Waals surface area contributed by atoms with Crippen LogP contribution < -0.4 is 10.6 Å². The second-order valence-corrected chi connectivity index (χ2v) is 4.55.